The van der Waals surface area contributed by atoms with Gasteiger partial charge in [0.1, 0.15) is 6.04 Å². The van der Waals surface area contributed by atoms with Crippen molar-refractivity contribution in [3.05, 3.63) is 35.9 Å². The molecular weight excluding hydrogens is 308 g/mol. The molecule has 124 valence electrons. The van der Waals surface area contributed by atoms with Crippen molar-refractivity contribution < 1.29 is 9.59 Å². The molecule has 3 rings (SSSR count). The number of rotatable bonds is 3. The van der Waals surface area contributed by atoms with E-state index < -0.39 is 0 Å². The van der Waals surface area contributed by atoms with Crippen LogP contribution in [0, 0.1) is 5.41 Å². The molecule has 2 atom stereocenters. The van der Waals surface area contributed by atoms with Gasteiger partial charge in [-0.1, -0.05) is 39.0 Å². The number of benzene rings is 1. The molecular formula is C18H24N2O2S. The molecule has 1 N–H and O–H groups in total. The molecule has 5 heteroatoms. The van der Waals surface area contributed by atoms with E-state index in [2.05, 4.69) is 26.1 Å². The zero-order valence-electron chi connectivity index (χ0n) is 13.9. The molecule has 0 radical (unpaired) electrons. The van der Waals surface area contributed by atoms with Gasteiger partial charge in [-0.3, -0.25) is 9.59 Å². The maximum atomic E-state index is 13.1. The number of nitrogens with zero attached hydrogens (tertiary/aromatic N) is 1. The monoisotopic (exact) mass is 332 g/mol. The van der Waals surface area contributed by atoms with Crippen LogP contribution in [-0.4, -0.2) is 39.9 Å². The predicted molar refractivity (Wildman–Crippen MR) is 93.3 cm³/mol. The van der Waals surface area contributed by atoms with E-state index in [-0.39, 0.29) is 28.6 Å². The molecule has 1 heterocycles. The van der Waals surface area contributed by atoms with E-state index in [1.54, 1.807) is 16.7 Å². The molecule has 0 bridgehead atoms. The molecule has 2 fully saturated rings. The zero-order chi connectivity index (χ0) is 16.6. The second-order valence-electron chi connectivity index (χ2n) is 7.43. The van der Waals surface area contributed by atoms with Gasteiger partial charge in [0.25, 0.3) is 5.91 Å². The highest BCUT2D eigenvalue weighted by molar-refractivity contribution is 8.00. The predicted octanol–water partition coefficient (Wildman–Crippen LogP) is 2.90. The largest absolute Gasteiger partial charge is 0.352 e. The minimum atomic E-state index is -0.377. The molecule has 0 spiro atoms. The van der Waals surface area contributed by atoms with Gasteiger partial charge in [-0.15, -0.1) is 11.8 Å². The van der Waals surface area contributed by atoms with Crippen LogP contribution in [0.15, 0.2) is 30.3 Å². The SMILES string of the molecule is CC(C)(C)C1SCC(C(=O)NC2CC2)N1C(=O)c1ccccc1. The number of thioether (sulfide) groups is 1. The van der Waals surface area contributed by atoms with Crippen molar-refractivity contribution in [3.63, 3.8) is 0 Å². The molecule has 2 amide bonds. The van der Waals surface area contributed by atoms with E-state index in [0.29, 0.717) is 17.4 Å². The van der Waals surface area contributed by atoms with E-state index in [4.69, 9.17) is 0 Å². The van der Waals surface area contributed by atoms with Crippen LogP contribution in [0.4, 0.5) is 0 Å². The first-order valence-corrected chi connectivity index (χ1v) is 9.22. The summed E-state index contributed by atoms with van der Waals surface area (Å²) in [4.78, 5) is 27.5. The Balaban J connectivity index is 1.87. The van der Waals surface area contributed by atoms with Crippen molar-refractivity contribution in [3.8, 4) is 0 Å². The number of nitrogens with one attached hydrogen (secondary N) is 1. The van der Waals surface area contributed by atoms with Gasteiger partial charge >= 0.3 is 0 Å². The van der Waals surface area contributed by atoms with Crippen LogP contribution >= 0.6 is 11.8 Å². The maximum absolute atomic E-state index is 13.1. The molecule has 1 aromatic rings. The molecule has 1 aliphatic carbocycles. The van der Waals surface area contributed by atoms with Crippen molar-refractivity contribution in [2.75, 3.05) is 5.75 Å². The van der Waals surface area contributed by atoms with Crippen molar-refractivity contribution in [2.24, 2.45) is 5.41 Å². The number of carbonyl (C=O) groups excluding carboxylic acids is 2. The molecule has 1 aliphatic heterocycles. The lowest BCUT2D eigenvalue weighted by atomic mass is 9.94. The lowest BCUT2D eigenvalue weighted by Crippen LogP contribution is -2.52. The topological polar surface area (TPSA) is 49.4 Å². The molecule has 2 aliphatic rings. The first-order chi connectivity index (χ1) is 10.9. The Bertz CT molecular complexity index is 593. The Kier molecular flexibility index (Phi) is 4.41. The Morgan fingerprint density at radius 2 is 1.83 bits per heavy atom. The second-order valence-corrected chi connectivity index (χ2v) is 8.54. The summed E-state index contributed by atoms with van der Waals surface area (Å²) in [6, 6.07) is 9.20. The normalized spacial score (nSPS) is 24.6. The summed E-state index contributed by atoms with van der Waals surface area (Å²) in [5, 5.41) is 3.06. The standard InChI is InChI=1S/C18H24N2O2S/c1-18(2,3)17-20(16(22)12-7-5-4-6-8-12)14(11-23-17)15(21)19-13-9-10-13/h4-8,13-14,17H,9-11H2,1-3H3,(H,19,21). The molecule has 2 unspecified atom stereocenters. The lowest BCUT2D eigenvalue weighted by Gasteiger charge is -2.36. The van der Waals surface area contributed by atoms with Crippen LogP contribution in [0.3, 0.4) is 0 Å². The van der Waals surface area contributed by atoms with Crippen LogP contribution in [-0.2, 0) is 4.79 Å². The Hall–Kier alpha value is -1.49. The summed E-state index contributed by atoms with van der Waals surface area (Å²) >= 11 is 1.71. The van der Waals surface area contributed by atoms with Crippen LogP contribution in [0.2, 0.25) is 0 Å². The molecule has 1 aromatic carbocycles. The van der Waals surface area contributed by atoms with Gasteiger partial charge in [-0.05, 0) is 30.4 Å². The van der Waals surface area contributed by atoms with Crippen LogP contribution in [0.1, 0.15) is 44.0 Å². The average Bonchev–Trinajstić information content (AvgIpc) is 3.19. The van der Waals surface area contributed by atoms with Gasteiger partial charge in [0, 0.05) is 17.4 Å². The summed E-state index contributed by atoms with van der Waals surface area (Å²) in [6.07, 6.45) is 2.11. The highest BCUT2D eigenvalue weighted by Gasteiger charge is 2.47. The molecule has 1 saturated heterocycles. The Morgan fingerprint density at radius 3 is 2.39 bits per heavy atom. The van der Waals surface area contributed by atoms with Crippen LogP contribution < -0.4 is 5.32 Å². The van der Waals surface area contributed by atoms with Gasteiger partial charge < -0.3 is 10.2 Å². The lowest BCUT2D eigenvalue weighted by molar-refractivity contribution is -0.125. The first-order valence-electron chi connectivity index (χ1n) is 8.17. The van der Waals surface area contributed by atoms with Gasteiger partial charge in [0.05, 0.1) is 5.37 Å². The third kappa shape index (κ3) is 3.55. The summed E-state index contributed by atoms with van der Waals surface area (Å²) in [6.45, 7) is 6.37. The zero-order valence-corrected chi connectivity index (χ0v) is 14.7. The molecule has 1 saturated carbocycles. The van der Waals surface area contributed by atoms with E-state index in [0.717, 1.165) is 12.8 Å². The number of hydrogen-bond acceptors (Lipinski definition) is 3. The van der Waals surface area contributed by atoms with Gasteiger partial charge in [0.2, 0.25) is 5.91 Å². The Labute approximate surface area is 142 Å². The van der Waals surface area contributed by atoms with E-state index >= 15 is 0 Å². The highest BCUT2D eigenvalue weighted by Crippen LogP contribution is 2.41. The van der Waals surface area contributed by atoms with E-state index in [1.807, 2.05) is 30.3 Å². The second kappa shape index (κ2) is 6.19. The number of carbonyl (C=O) groups is 2. The maximum Gasteiger partial charge on any atom is 0.255 e. The minimum absolute atomic E-state index is 0.00367. The fourth-order valence-corrected chi connectivity index (χ4v) is 4.46. The van der Waals surface area contributed by atoms with Gasteiger partial charge in [0.15, 0.2) is 0 Å². The minimum Gasteiger partial charge on any atom is -0.352 e. The molecule has 23 heavy (non-hydrogen) atoms. The van der Waals surface area contributed by atoms with Crippen molar-refractivity contribution >= 4 is 23.6 Å². The third-order valence-corrected chi connectivity index (χ3v) is 5.98. The highest BCUT2D eigenvalue weighted by atomic mass is 32.2. The van der Waals surface area contributed by atoms with Crippen LogP contribution in [0.25, 0.3) is 0 Å². The quantitative estimate of drug-likeness (QED) is 0.926. The van der Waals surface area contributed by atoms with Crippen molar-refractivity contribution in [2.45, 2.75) is 51.1 Å². The summed E-state index contributed by atoms with van der Waals surface area (Å²) in [5.74, 6) is 0.612. The fraction of sp³-hybridized carbons (Fsp3) is 0.556. The van der Waals surface area contributed by atoms with Crippen molar-refractivity contribution in [1.29, 1.82) is 0 Å². The van der Waals surface area contributed by atoms with Crippen molar-refractivity contribution in [1.82, 2.24) is 10.2 Å². The summed E-state index contributed by atoms with van der Waals surface area (Å²) < 4.78 is 0. The summed E-state index contributed by atoms with van der Waals surface area (Å²) in [5.41, 5.74) is 0.567. The van der Waals surface area contributed by atoms with E-state index in [9.17, 15) is 9.59 Å². The average molecular weight is 332 g/mol. The molecule has 0 aromatic heterocycles. The van der Waals surface area contributed by atoms with Gasteiger partial charge in [-0.2, -0.15) is 0 Å². The summed E-state index contributed by atoms with van der Waals surface area (Å²) in [7, 11) is 0. The number of amides is 2. The fourth-order valence-electron chi connectivity index (χ4n) is 2.88. The third-order valence-electron chi connectivity index (χ3n) is 4.22. The van der Waals surface area contributed by atoms with E-state index in [1.165, 1.54) is 0 Å². The number of hydrogen-bond donors (Lipinski definition) is 1. The smallest absolute Gasteiger partial charge is 0.255 e. The first kappa shape index (κ1) is 16.4. The van der Waals surface area contributed by atoms with Crippen LogP contribution in [0.5, 0.6) is 0 Å². The van der Waals surface area contributed by atoms with Gasteiger partial charge in [-0.25, -0.2) is 0 Å². The molecule has 4 nitrogen and oxygen atoms in total. The Morgan fingerprint density at radius 1 is 1.17 bits per heavy atom.